The van der Waals surface area contributed by atoms with E-state index in [9.17, 15) is 9.59 Å². The Hall–Kier alpha value is -2.86. The molecule has 2 heterocycles. The average molecular weight is 380 g/mol. The van der Waals surface area contributed by atoms with Crippen molar-refractivity contribution >= 4 is 17.5 Å². The second-order valence-electron chi connectivity index (χ2n) is 7.15. The van der Waals surface area contributed by atoms with Crippen molar-refractivity contribution in [1.82, 2.24) is 4.90 Å². The van der Waals surface area contributed by atoms with Gasteiger partial charge >= 0.3 is 0 Å². The van der Waals surface area contributed by atoms with Gasteiger partial charge in [-0.2, -0.15) is 0 Å². The van der Waals surface area contributed by atoms with Crippen LogP contribution in [0.3, 0.4) is 0 Å². The standard InChI is InChI=1S/C22H24N2O4/c1-27-12-11-23-18-9-5-6-10-20(18)28-17-14-19(22(23)26)24(15-17)21(25)13-16-7-3-2-4-8-16/h2-10,17,19H,11-15H2,1H3. The topological polar surface area (TPSA) is 59.1 Å². The molecule has 2 unspecified atom stereocenters. The van der Waals surface area contributed by atoms with E-state index in [0.29, 0.717) is 31.9 Å². The summed E-state index contributed by atoms with van der Waals surface area (Å²) in [7, 11) is 1.61. The van der Waals surface area contributed by atoms with Crippen molar-refractivity contribution in [1.29, 1.82) is 0 Å². The molecule has 0 N–H and O–H groups in total. The van der Waals surface area contributed by atoms with Crippen LogP contribution in [0.2, 0.25) is 0 Å². The van der Waals surface area contributed by atoms with Crippen LogP contribution >= 0.6 is 0 Å². The lowest BCUT2D eigenvalue weighted by Gasteiger charge is -2.31. The van der Waals surface area contributed by atoms with Gasteiger partial charge in [-0.25, -0.2) is 0 Å². The molecule has 2 amide bonds. The first kappa shape index (κ1) is 18.5. The zero-order valence-corrected chi connectivity index (χ0v) is 15.9. The van der Waals surface area contributed by atoms with E-state index in [1.54, 1.807) is 16.9 Å². The quantitative estimate of drug-likeness (QED) is 0.799. The molecule has 146 valence electrons. The Balaban J connectivity index is 1.61. The summed E-state index contributed by atoms with van der Waals surface area (Å²) in [5.41, 5.74) is 1.68. The summed E-state index contributed by atoms with van der Waals surface area (Å²) in [4.78, 5) is 29.8. The molecule has 2 aliphatic heterocycles. The van der Waals surface area contributed by atoms with E-state index in [2.05, 4.69) is 0 Å². The smallest absolute Gasteiger partial charge is 0.250 e. The minimum Gasteiger partial charge on any atom is -0.486 e. The number of nitrogens with zero attached hydrogens (tertiary/aromatic N) is 2. The van der Waals surface area contributed by atoms with Crippen molar-refractivity contribution in [2.75, 3.05) is 31.7 Å². The predicted octanol–water partition coefficient (Wildman–Crippen LogP) is 2.27. The summed E-state index contributed by atoms with van der Waals surface area (Å²) >= 11 is 0. The van der Waals surface area contributed by atoms with Crippen LogP contribution in [-0.4, -0.2) is 55.7 Å². The van der Waals surface area contributed by atoms with Gasteiger partial charge in [-0.1, -0.05) is 42.5 Å². The lowest BCUT2D eigenvalue weighted by atomic mass is 10.1. The van der Waals surface area contributed by atoms with Gasteiger partial charge in [0, 0.05) is 20.1 Å². The normalized spacial score (nSPS) is 21.0. The fourth-order valence-corrected chi connectivity index (χ4v) is 3.94. The third-order valence-electron chi connectivity index (χ3n) is 5.30. The maximum atomic E-state index is 13.4. The number of anilines is 1. The predicted molar refractivity (Wildman–Crippen MR) is 105 cm³/mol. The number of hydrogen-bond acceptors (Lipinski definition) is 4. The second-order valence-corrected chi connectivity index (χ2v) is 7.15. The lowest BCUT2D eigenvalue weighted by Crippen LogP contribution is -2.49. The SMILES string of the molecule is COCCN1C(=O)C2CC(CN2C(=O)Cc2ccccc2)Oc2ccccc21. The van der Waals surface area contributed by atoms with Crippen molar-refractivity contribution in [3.63, 3.8) is 0 Å². The first-order valence-electron chi connectivity index (χ1n) is 9.57. The molecular formula is C22H24N2O4. The maximum Gasteiger partial charge on any atom is 0.250 e. The number of rotatable bonds is 5. The molecule has 0 spiro atoms. The van der Waals surface area contributed by atoms with E-state index in [1.165, 1.54) is 0 Å². The number of ether oxygens (including phenoxy) is 2. The molecule has 0 aromatic heterocycles. The summed E-state index contributed by atoms with van der Waals surface area (Å²) in [5.74, 6) is 0.553. The third kappa shape index (κ3) is 3.60. The van der Waals surface area contributed by atoms with Crippen LogP contribution < -0.4 is 9.64 Å². The molecule has 2 aromatic rings. The van der Waals surface area contributed by atoms with Crippen molar-refractivity contribution in [2.45, 2.75) is 25.0 Å². The van der Waals surface area contributed by atoms with Gasteiger partial charge in [-0.05, 0) is 17.7 Å². The highest BCUT2D eigenvalue weighted by Crippen LogP contribution is 2.36. The molecule has 0 aliphatic carbocycles. The summed E-state index contributed by atoms with van der Waals surface area (Å²) in [5, 5.41) is 0. The van der Waals surface area contributed by atoms with Gasteiger partial charge in [-0.3, -0.25) is 9.59 Å². The molecular weight excluding hydrogens is 356 g/mol. The Bertz CT molecular complexity index is 855. The van der Waals surface area contributed by atoms with Crippen molar-refractivity contribution < 1.29 is 19.1 Å². The highest BCUT2D eigenvalue weighted by molar-refractivity contribution is 6.01. The minimum absolute atomic E-state index is 0.0479. The number of likely N-dealkylation sites (tertiary alicyclic amines) is 1. The fraction of sp³-hybridized carbons (Fsp3) is 0.364. The van der Waals surface area contributed by atoms with Gasteiger partial charge in [0.25, 0.3) is 0 Å². The Labute approximate surface area is 164 Å². The Morgan fingerprint density at radius 3 is 2.68 bits per heavy atom. The van der Waals surface area contributed by atoms with Gasteiger partial charge in [0.05, 0.1) is 25.3 Å². The Kier molecular flexibility index (Phi) is 5.30. The summed E-state index contributed by atoms with van der Waals surface area (Å²) in [6.07, 6.45) is 0.610. The number of para-hydroxylation sites is 2. The highest BCUT2D eigenvalue weighted by atomic mass is 16.5. The molecule has 6 heteroatoms. The molecule has 0 saturated carbocycles. The molecule has 2 bridgehead atoms. The lowest BCUT2D eigenvalue weighted by molar-refractivity contribution is -0.137. The van der Waals surface area contributed by atoms with Crippen LogP contribution in [0.1, 0.15) is 12.0 Å². The number of benzene rings is 2. The molecule has 2 aliphatic rings. The van der Waals surface area contributed by atoms with Crippen molar-refractivity contribution in [2.24, 2.45) is 0 Å². The number of carbonyl (C=O) groups is 2. The number of fused-ring (bicyclic) bond motifs is 3. The van der Waals surface area contributed by atoms with Crippen LogP contribution in [-0.2, 0) is 20.7 Å². The Morgan fingerprint density at radius 1 is 1.14 bits per heavy atom. The van der Waals surface area contributed by atoms with Gasteiger partial charge in [0.15, 0.2) is 0 Å². The van der Waals surface area contributed by atoms with Crippen LogP contribution in [0, 0.1) is 0 Å². The summed E-state index contributed by atoms with van der Waals surface area (Å²) in [6, 6.07) is 16.6. The number of amides is 2. The van der Waals surface area contributed by atoms with E-state index in [1.807, 2.05) is 54.6 Å². The molecule has 0 radical (unpaired) electrons. The third-order valence-corrected chi connectivity index (χ3v) is 5.30. The monoisotopic (exact) mass is 380 g/mol. The van der Waals surface area contributed by atoms with Gasteiger partial charge in [0.2, 0.25) is 11.8 Å². The molecule has 4 rings (SSSR count). The first-order valence-corrected chi connectivity index (χ1v) is 9.57. The van der Waals surface area contributed by atoms with Crippen LogP contribution in [0.15, 0.2) is 54.6 Å². The van der Waals surface area contributed by atoms with E-state index in [4.69, 9.17) is 9.47 Å². The molecule has 6 nitrogen and oxygen atoms in total. The molecule has 1 saturated heterocycles. The molecule has 2 atom stereocenters. The zero-order valence-electron chi connectivity index (χ0n) is 15.9. The van der Waals surface area contributed by atoms with Gasteiger partial charge < -0.3 is 19.3 Å². The average Bonchev–Trinajstić information content (AvgIpc) is 3.14. The largest absolute Gasteiger partial charge is 0.486 e. The molecule has 2 aromatic carbocycles. The first-order chi connectivity index (χ1) is 13.7. The maximum absolute atomic E-state index is 13.4. The minimum atomic E-state index is -0.508. The zero-order chi connectivity index (χ0) is 19.5. The van der Waals surface area contributed by atoms with Crippen LogP contribution in [0.5, 0.6) is 5.75 Å². The Morgan fingerprint density at radius 2 is 1.89 bits per heavy atom. The van der Waals surface area contributed by atoms with Gasteiger partial charge in [0.1, 0.15) is 17.9 Å². The van der Waals surface area contributed by atoms with E-state index < -0.39 is 6.04 Å². The number of methoxy groups -OCH3 is 1. The van der Waals surface area contributed by atoms with Crippen LogP contribution in [0.25, 0.3) is 0 Å². The van der Waals surface area contributed by atoms with E-state index in [-0.39, 0.29) is 24.3 Å². The van der Waals surface area contributed by atoms with Gasteiger partial charge in [-0.15, -0.1) is 0 Å². The van der Waals surface area contributed by atoms with E-state index >= 15 is 0 Å². The number of hydrogen-bond donors (Lipinski definition) is 0. The van der Waals surface area contributed by atoms with E-state index in [0.717, 1.165) is 11.3 Å². The van der Waals surface area contributed by atoms with Crippen molar-refractivity contribution in [3.05, 3.63) is 60.2 Å². The molecule has 1 fully saturated rings. The second kappa shape index (κ2) is 8.02. The van der Waals surface area contributed by atoms with Crippen molar-refractivity contribution in [3.8, 4) is 5.75 Å². The van der Waals surface area contributed by atoms with Crippen LogP contribution in [0.4, 0.5) is 5.69 Å². The summed E-state index contributed by atoms with van der Waals surface area (Å²) in [6.45, 7) is 1.25. The fourth-order valence-electron chi connectivity index (χ4n) is 3.94. The molecule has 28 heavy (non-hydrogen) atoms. The summed E-state index contributed by atoms with van der Waals surface area (Å²) < 4.78 is 11.4. The number of carbonyl (C=O) groups excluding carboxylic acids is 2. The highest BCUT2D eigenvalue weighted by Gasteiger charge is 2.44.